The number of hydrogen-bond donors (Lipinski definition) is 1. The van der Waals surface area contributed by atoms with Crippen LogP contribution in [0, 0.1) is 0 Å². The Balaban J connectivity index is 1.87. The molecule has 0 aliphatic heterocycles. The number of rotatable bonds is 2. The minimum absolute atomic E-state index is 0.932. The van der Waals surface area contributed by atoms with Crippen molar-refractivity contribution in [3.05, 3.63) is 48.2 Å². The van der Waals surface area contributed by atoms with Gasteiger partial charge >= 0.3 is 0 Å². The van der Waals surface area contributed by atoms with Crippen LogP contribution in [0.3, 0.4) is 0 Å². The van der Waals surface area contributed by atoms with Gasteiger partial charge in [0, 0.05) is 39.8 Å². The molecule has 4 aromatic rings. The van der Waals surface area contributed by atoms with Gasteiger partial charge in [-0.25, -0.2) is 9.97 Å². The molecule has 0 bridgehead atoms. The summed E-state index contributed by atoms with van der Waals surface area (Å²) < 4.78 is 0. The van der Waals surface area contributed by atoms with E-state index in [4.69, 9.17) is 0 Å². The molecule has 0 atom stereocenters. The van der Waals surface area contributed by atoms with Crippen LogP contribution in [-0.2, 0) is 0 Å². The standard InChI is InChI=1S/C14H9N3S2/c1-2-12(14-17-7-8-18-14)19-11(1)9-3-5-15-13-10(9)4-6-16-13/h1-8H,(H,15,16). The van der Waals surface area contributed by atoms with Crippen molar-refractivity contribution in [2.24, 2.45) is 0 Å². The van der Waals surface area contributed by atoms with Gasteiger partial charge in [-0.2, -0.15) is 0 Å². The molecule has 0 radical (unpaired) electrons. The van der Waals surface area contributed by atoms with Gasteiger partial charge in [-0.1, -0.05) is 0 Å². The van der Waals surface area contributed by atoms with Crippen molar-refractivity contribution in [2.45, 2.75) is 0 Å². The summed E-state index contributed by atoms with van der Waals surface area (Å²) in [5.74, 6) is 0. The lowest BCUT2D eigenvalue weighted by molar-refractivity contribution is 1.33. The molecule has 1 N–H and O–H groups in total. The van der Waals surface area contributed by atoms with Crippen molar-refractivity contribution in [1.82, 2.24) is 15.0 Å². The van der Waals surface area contributed by atoms with E-state index in [0.29, 0.717) is 0 Å². The van der Waals surface area contributed by atoms with Gasteiger partial charge in [0.15, 0.2) is 0 Å². The largest absolute Gasteiger partial charge is 0.346 e. The molecule has 4 rings (SSSR count). The third-order valence-electron chi connectivity index (χ3n) is 2.97. The number of aromatic nitrogens is 3. The molecule has 0 saturated heterocycles. The third-order valence-corrected chi connectivity index (χ3v) is 5.04. The fraction of sp³-hybridized carbons (Fsp3) is 0. The zero-order valence-corrected chi connectivity index (χ0v) is 11.5. The van der Waals surface area contributed by atoms with E-state index < -0.39 is 0 Å². The predicted octanol–water partition coefficient (Wildman–Crippen LogP) is 4.41. The van der Waals surface area contributed by atoms with E-state index in [0.717, 1.165) is 16.0 Å². The van der Waals surface area contributed by atoms with Gasteiger partial charge in [0.05, 0.1) is 4.88 Å². The first-order valence-electron chi connectivity index (χ1n) is 5.84. The number of nitrogens with zero attached hydrogens (tertiary/aromatic N) is 2. The molecular weight excluding hydrogens is 274 g/mol. The lowest BCUT2D eigenvalue weighted by Crippen LogP contribution is -1.78. The van der Waals surface area contributed by atoms with Gasteiger partial charge in [-0.3, -0.25) is 0 Å². The summed E-state index contributed by atoms with van der Waals surface area (Å²) in [6, 6.07) is 8.43. The molecule has 0 aliphatic rings. The van der Waals surface area contributed by atoms with Crippen molar-refractivity contribution in [3.8, 4) is 20.3 Å². The van der Waals surface area contributed by atoms with Crippen LogP contribution in [0.2, 0.25) is 0 Å². The second-order valence-electron chi connectivity index (χ2n) is 4.10. The van der Waals surface area contributed by atoms with E-state index in [-0.39, 0.29) is 0 Å². The first-order chi connectivity index (χ1) is 9.42. The second kappa shape index (κ2) is 4.29. The molecule has 0 unspecified atom stereocenters. The maximum Gasteiger partial charge on any atom is 0.137 e. The molecule has 0 amide bonds. The summed E-state index contributed by atoms with van der Waals surface area (Å²) >= 11 is 3.44. The number of thiazole rings is 1. The first kappa shape index (κ1) is 10.9. The highest BCUT2D eigenvalue weighted by Crippen LogP contribution is 2.37. The Kier molecular flexibility index (Phi) is 2.46. The summed E-state index contributed by atoms with van der Waals surface area (Å²) in [5.41, 5.74) is 2.15. The van der Waals surface area contributed by atoms with Crippen molar-refractivity contribution in [1.29, 1.82) is 0 Å². The minimum Gasteiger partial charge on any atom is -0.346 e. The Hall–Kier alpha value is -1.98. The van der Waals surface area contributed by atoms with Crippen LogP contribution in [0.4, 0.5) is 0 Å². The van der Waals surface area contributed by atoms with Crippen molar-refractivity contribution in [3.63, 3.8) is 0 Å². The van der Waals surface area contributed by atoms with Crippen LogP contribution in [0.1, 0.15) is 0 Å². The number of H-pyrrole nitrogens is 1. The monoisotopic (exact) mass is 283 g/mol. The highest BCUT2D eigenvalue weighted by Gasteiger charge is 2.10. The number of nitrogens with one attached hydrogen (secondary N) is 1. The van der Waals surface area contributed by atoms with E-state index in [2.05, 4.69) is 39.2 Å². The van der Waals surface area contributed by atoms with Crippen molar-refractivity contribution in [2.75, 3.05) is 0 Å². The maximum atomic E-state index is 4.36. The van der Waals surface area contributed by atoms with E-state index in [1.54, 1.807) is 22.7 Å². The Morgan fingerprint density at radius 2 is 1.89 bits per heavy atom. The van der Waals surface area contributed by atoms with E-state index in [1.165, 1.54) is 15.3 Å². The maximum absolute atomic E-state index is 4.36. The van der Waals surface area contributed by atoms with Crippen molar-refractivity contribution >= 4 is 33.7 Å². The molecule has 0 saturated carbocycles. The van der Waals surface area contributed by atoms with Gasteiger partial charge in [-0.05, 0) is 24.3 Å². The SMILES string of the molecule is c1csc(-c2ccc(-c3ccnc4[nH]ccc34)s2)n1. The van der Waals surface area contributed by atoms with E-state index in [9.17, 15) is 0 Å². The Bertz CT molecular complexity index is 827. The van der Waals surface area contributed by atoms with Crippen LogP contribution >= 0.6 is 22.7 Å². The fourth-order valence-corrected chi connectivity index (χ4v) is 3.88. The molecule has 19 heavy (non-hydrogen) atoms. The Labute approximate surface area is 117 Å². The smallest absolute Gasteiger partial charge is 0.137 e. The van der Waals surface area contributed by atoms with Gasteiger partial charge < -0.3 is 4.98 Å². The number of aromatic amines is 1. The number of pyridine rings is 1. The molecule has 92 valence electrons. The Morgan fingerprint density at radius 1 is 0.947 bits per heavy atom. The lowest BCUT2D eigenvalue weighted by Gasteiger charge is -1.98. The summed E-state index contributed by atoms with van der Waals surface area (Å²) in [6.45, 7) is 0. The fourth-order valence-electron chi connectivity index (χ4n) is 2.12. The highest BCUT2D eigenvalue weighted by atomic mass is 32.1. The normalized spacial score (nSPS) is 11.2. The Morgan fingerprint density at radius 3 is 2.79 bits per heavy atom. The molecule has 0 aromatic carbocycles. The zero-order chi connectivity index (χ0) is 12.7. The number of thiophene rings is 1. The predicted molar refractivity (Wildman–Crippen MR) is 80.5 cm³/mol. The summed E-state index contributed by atoms with van der Waals surface area (Å²) in [6.07, 6.45) is 5.61. The number of hydrogen-bond acceptors (Lipinski definition) is 4. The molecule has 0 aliphatic carbocycles. The van der Waals surface area contributed by atoms with Crippen LogP contribution < -0.4 is 0 Å². The molecule has 5 heteroatoms. The van der Waals surface area contributed by atoms with Crippen LogP contribution in [0.15, 0.2) is 48.2 Å². The van der Waals surface area contributed by atoms with E-state index in [1.807, 2.05) is 24.0 Å². The summed E-state index contributed by atoms with van der Waals surface area (Å²) in [7, 11) is 0. The molecule has 3 nitrogen and oxygen atoms in total. The van der Waals surface area contributed by atoms with Gasteiger partial charge in [-0.15, -0.1) is 22.7 Å². The van der Waals surface area contributed by atoms with Crippen molar-refractivity contribution < 1.29 is 0 Å². The van der Waals surface area contributed by atoms with Crippen LogP contribution in [0.25, 0.3) is 31.4 Å². The topological polar surface area (TPSA) is 41.6 Å². The van der Waals surface area contributed by atoms with E-state index >= 15 is 0 Å². The van der Waals surface area contributed by atoms with Crippen LogP contribution in [-0.4, -0.2) is 15.0 Å². The average molecular weight is 283 g/mol. The average Bonchev–Trinajstić information content (AvgIpc) is 3.18. The quantitative estimate of drug-likeness (QED) is 0.592. The molecule has 4 heterocycles. The third kappa shape index (κ3) is 1.78. The summed E-state index contributed by atoms with van der Waals surface area (Å²) in [4.78, 5) is 14.3. The van der Waals surface area contributed by atoms with Gasteiger partial charge in [0.2, 0.25) is 0 Å². The summed E-state index contributed by atoms with van der Waals surface area (Å²) in [5, 5.41) is 4.25. The molecular formula is C14H9N3S2. The molecule has 0 fully saturated rings. The van der Waals surface area contributed by atoms with Crippen LogP contribution in [0.5, 0.6) is 0 Å². The molecule has 4 aromatic heterocycles. The molecule has 0 spiro atoms. The lowest BCUT2D eigenvalue weighted by atomic mass is 10.1. The minimum atomic E-state index is 0.932. The second-order valence-corrected chi connectivity index (χ2v) is 6.08. The first-order valence-corrected chi connectivity index (χ1v) is 7.53. The van der Waals surface area contributed by atoms with Gasteiger partial charge in [0.25, 0.3) is 0 Å². The number of fused-ring (bicyclic) bond motifs is 1. The van der Waals surface area contributed by atoms with Gasteiger partial charge in [0.1, 0.15) is 10.7 Å². The highest BCUT2D eigenvalue weighted by molar-refractivity contribution is 7.23. The zero-order valence-electron chi connectivity index (χ0n) is 9.83.